The molecular formula is C12H11Cl2N3O. The van der Waals surface area contributed by atoms with E-state index in [1.54, 1.807) is 37.2 Å². The van der Waals surface area contributed by atoms with Crippen LogP contribution in [0.1, 0.15) is 0 Å². The molecule has 0 aliphatic rings. The summed E-state index contributed by atoms with van der Waals surface area (Å²) in [5, 5.41) is 12.2. The number of carbonyl (C=O) groups is 1. The van der Waals surface area contributed by atoms with E-state index in [0.717, 1.165) is 0 Å². The van der Waals surface area contributed by atoms with Gasteiger partial charge >= 0.3 is 0 Å². The molecule has 1 aromatic carbocycles. The summed E-state index contributed by atoms with van der Waals surface area (Å²) < 4.78 is 0. The molecule has 0 bridgehead atoms. The van der Waals surface area contributed by atoms with Crippen LogP contribution >= 0.6 is 23.2 Å². The molecule has 0 spiro atoms. The highest BCUT2D eigenvalue weighted by Crippen LogP contribution is 2.22. The Morgan fingerprint density at radius 3 is 2.33 bits per heavy atom. The molecule has 0 aliphatic carbocycles. The maximum atomic E-state index is 11.8. The van der Waals surface area contributed by atoms with Crippen molar-refractivity contribution in [2.45, 2.75) is 0 Å². The Hall–Kier alpha value is -1.70. The van der Waals surface area contributed by atoms with Crippen LogP contribution in [0, 0.1) is 11.3 Å². The van der Waals surface area contributed by atoms with Crippen LogP contribution in [-0.4, -0.2) is 24.9 Å². The maximum Gasteiger partial charge on any atom is 0.267 e. The predicted octanol–water partition coefficient (Wildman–Crippen LogP) is 2.90. The molecule has 4 nitrogen and oxygen atoms in total. The molecule has 0 heterocycles. The first kappa shape index (κ1) is 14.4. The highest BCUT2D eigenvalue weighted by atomic mass is 35.5. The first-order valence-electron chi connectivity index (χ1n) is 4.98. The molecule has 1 aromatic rings. The van der Waals surface area contributed by atoms with Gasteiger partial charge < -0.3 is 10.2 Å². The molecule has 0 aromatic heterocycles. The number of nitrogens with zero attached hydrogens (tertiary/aromatic N) is 2. The van der Waals surface area contributed by atoms with Gasteiger partial charge in [0.1, 0.15) is 11.6 Å². The van der Waals surface area contributed by atoms with Crippen molar-refractivity contribution < 1.29 is 4.79 Å². The minimum Gasteiger partial charge on any atom is -0.382 e. The van der Waals surface area contributed by atoms with Crippen LogP contribution in [0.15, 0.2) is 30.0 Å². The number of nitriles is 1. The third-order valence-corrected chi connectivity index (χ3v) is 2.31. The first-order valence-corrected chi connectivity index (χ1v) is 5.73. The maximum absolute atomic E-state index is 11.8. The number of hydrogen-bond donors (Lipinski definition) is 1. The molecule has 1 rings (SSSR count). The molecule has 0 aliphatic heterocycles. The normalized spacial score (nSPS) is 10.7. The number of halogens is 2. The summed E-state index contributed by atoms with van der Waals surface area (Å²) in [5.41, 5.74) is 0.438. The third-order valence-electron chi connectivity index (χ3n) is 1.87. The smallest absolute Gasteiger partial charge is 0.267 e. The van der Waals surface area contributed by atoms with Gasteiger partial charge in [-0.25, -0.2) is 0 Å². The van der Waals surface area contributed by atoms with Crippen LogP contribution in [0.2, 0.25) is 10.0 Å². The number of hydrogen-bond acceptors (Lipinski definition) is 3. The van der Waals surface area contributed by atoms with Gasteiger partial charge in [-0.3, -0.25) is 4.79 Å². The predicted molar refractivity (Wildman–Crippen MR) is 72.5 cm³/mol. The molecule has 18 heavy (non-hydrogen) atoms. The fraction of sp³-hybridized carbons (Fsp3) is 0.167. The molecular weight excluding hydrogens is 273 g/mol. The Balaban J connectivity index is 2.91. The Labute approximate surface area is 115 Å². The fourth-order valence-corrected chi connectivity index (χ4v) is 1.75. The van der Waals surface area contributed by atoms with Crippen molar-refractivity contribution in [2.24, 2.45) is 0 Å². The van der Waals surface area contributed by atoms with Gasteiger partial charge in [0.2, 0.25) is 0 Å². The summed E-state index contributed by atoms with van der Waals surface area (Å²) in [6.07, 6.45) is 1.43. The Morgan fingerprint density at radius 2 is 1.89 bits per heavy atom. The van der Waals surface area contributed by atoms with Crippen molar-refractivity contribution in [3.05, 3.63) is 40.0 Å². The standard InChI is InChI=1S/C12H11Cl2N3O/c1-17(2)7-8(6-15)12(18)16-11-4-9(13)3-10(14)5-11/h3-5,7H,1-2H3,(H,16,18)/b8-7+. The van der Waals surface area contributed by atoms with Crippen LogP contribution in [0.25, 0.3) is 0 Å². The van der Waals surface area contributed by atoms with Crippen molar-refractivity contribution in [1.82, 2.24) is 4.90 Å². The van der Waals surface area contributed by atoms with Gasteiger partial charge in [0.05, 0.1) is 0 Å². The molecule has 0 saturated carbocycles. The molecule has 1 amide bonds. The minimum absolute atomic E-state index is 0.00361. The van der Waals surface area contributed by atoms with Crippen LogP contribution in [0.4, 0.5) is 5.69 Å². The summed E-state index contributed by atoms with van der Waals surface area (Å²) in [6.45, 7) is 0. The lowest BCUT2D eigenvalue weighted by molar-refractivity contribution is -0.112. The molecule has 0 atom stereocenters. The number of benzene rings is 1. The van der Waals surface area contributed by atoms with E-state index in [9.17, 15) is 4.79 Å². The van der Waals surface area contributed by atoms with E-state index in [2.05, 4.69) is 5.32 Å². The van der Waals surface area contributed by atoms with E-state index in [1.165, 1.54) is 6.20 Å². The summed E-state index contributed by atoms with van der Waals surface area (Å²) in [5.74, 6) is -0.510. The molecule has 0 fully saturated rings. The van der Waals surface area contributed by atoms with E-state index in [1.807, 2.05) is 6.07 Å². The zero-order chi connectivity index (χ0) is 13.7. The van der Waals surface area contributed by atoms with Crippen molar-refractivity contribution in [2.75, 3.05) is 19.4 Å². The van der Waals surface area contributed by atoms with E-state index < -0.39 is 5.91 Å². The van der Waals surface area contributed by atoms with E-state index >= 15 is 0 Å². The van der Waals surface area contributed by atoms with E-state index in [4.69, 9.17) is 28.5 Å². The van der Waals surface area contributed by atoms with E-state index in [-0.39, 0.29) is 5.57 Å². The van der Waals surface area contributed by atoms with Crippen molar-refractivity contribution >= 4 is 34.8 Å². The number of amides is 1. The molecule has 1 N–H and O–H groups in total. The van der Waals surface area contributed by atoms with Crippen LogP contribution < -0.4 is 5.32 Å². The zero-order valence-electron chi connectivity index (χ0n) is 9.87. The average Bonchev–Trinajstić information content (AvgIpc) is 2.23. The molecule has 0 saturated heterocycles. The third kappa shape index (κ3) is 4.28. The first-order chi connectivity index (χ1) is 8.42. The summed E-state index contributed by atoms with van der Waals surface area (Å²) in [7, 11) is 3.45. The second-order valence-electron chi connectivity index (χ2n) is 3.73. The van der Waals surface area contributed by atoms with Crippen LogP contribution in [-0.2, 0) is 4.79 Å². The van der Waals surface area contributed by atoms with Crippen LogP contribution in [0.3, 0.4) is 0 Å². The van der Waals surface area contributed by atoms with Gasteiger partial charge in [0, 0.05) is 36.0 Å². The zero-order valence-corrected chi connectivity index (χ0v) is 11.4. The van der Waals surface area contributed by atoms with Crippen molar-refractivity contribution in [3.63, 3.8) is 0 Å². The second kappa shape index (κ2) is 6.29. The number of anilines is 1. The molecule has 0 unspecified atom stereocenters. The molecule has 6 heteroatoms. The summed E-state index contributed by atoms with van der Waals surface area (Å²) >= 11 is 11.6. The average molecular weight is 284 g/mol. The Kier molecular flexibility index (Phi) is 5.02. The van der Waals surface area contributed by atoms with Gasteiger partial charge in [0.25, 0.3) is 5.91 Å². The van der Waals surface area contributed by atoms with Crippen molar-refractivity contribution in [3.8, 4) is 6.07 Å². The van der Waals surface area contributed by atoms with Gasteiger partial charge in [0.15, 0.2) is 0 Å². The molecule has 0 radical (unpaired) electrons. The fourth-order valence-electron chi connectivity index (χ4n) is 1.22. The second-order valence-corrected chi connectivity index (χ2v) is 4.60. The molecule has 94 valence electrons. The lowest BCUT2D eigenvalue weighted by Crippen LogP contribution is -2.16. The SMILES string of the molecule is CN(C)/C=C(\C#N)C(=O)Nc1cc(Cl)cc(Cl)c1. The summed E-state index contributed by atoms with van der Waals surface area (Å²) in [4.78, 5) is 13.4. The highest BCUT2D eigenvalue weighted by molar-refractivity contribution is 6.35. The monoisotopic (exact) mass is 283 g/mol. The summed E-state index contributed by atoms with van der Waals surface area (Å²) in [6, 6.07) is 6.48. The topological polar surface area (TPSA) is 56.1 Å². The lowest BCUT2D eigenvalue weighted by Gasteiger charge is -2.08. The van der Waals surface area contributed by atoms with Gasteiger partial charge in [-0.2, -0.15) is 5.26 Å². The largest absolute Gasteiger partial charge is 0.382 e. The number of carbonyl (C=O) groups excluding carboxylic acids is 1. The Bertz CT molecular complexity index is 512. The quantitative estimate of drug-likeness (QED) is 0.686. The number of nitrogens with one attached hydrogen (secondary N) is 1. The van der Waals surface area contributed by atoms with Gasteiger partial charge in [-0.05, 0) is 18.2 Å². The number of rotatable bonds is 3. The Morgan fingerprint density at radius 1 is 1.33 bits per heavy atom. The van der Waals surface area contributed by atoms with Crippen LogP contribution in [0.5, 0.6) is 0 Å². The van der Waals surface area contributed by atoms with E-state index in [0.29, 0.717) is 15.7 Å². The van der Waals surface area contributed by atoms with Crippen molar-refractivity contribution in [1.29, 1.82) is 5.26 Å². The van der Waals surface area contributed by atoms with Gasteiger partial charge in [-0.15, -0.1) is 0 Å². The lowest BCUT2D eigenvalue weighted by atomic mass is 10.2. The minimum atomic E-state index is -0.510. The van der Waals surface area contributed by atoms with Gasteiger partial charge in [-0.1, -0.05) is 23.2 Å². The highest BCUT2D eigenvalue weighted by Gasteiger charge is 2.10.